The van der Waals surface area contributed by atoms with Crippen LogP contribution in [0.4, 0.5) is 4.79 Å². The van der Waals surface area contributed by atoms with E-state index >= 15 is 0 Å². The fourth-order valence-corrected chi connectivity index (χ4v) is 3.39. The molecule has 0 saturated heterocycles. The molecule has 7 heteroatoms. The summed E-state index contributed by atoms with van der Waals surface area (Å²) in [6, 6.07) is 7.63. The monoisotopic (exact) mass is 447 g/mol. The average Bonchev–Trinajstić information content (AvgIpc) is 2.69. The Labute approximate surface area is 193 Å². The van der Waals surface area contributed by atoms with E-state index in [1.54, 1.807) is 27.8 Å². The third-order valence-electron chi connectivity index (χ3n) is 4.87. The van der Waals surface area contributed by atoms with E-state index in [0.717, 1.165) is 24.8 Å². The molecule has 1 aromatic rings. The normalized spacial score (nSPS) is 13.2. The van der Waals surface area contributed by atoms with Gasteiger partial charge in [-0.25, -0.2) is 4.79 Å². The van der Waals surface area contributed by atoms with E-state index in [4.69, 9.17) is 4.74 Å². The number of hydrogen-bond donors (Lipinski definition) is 2. The molecule has 2 unspecified atom stereocenters. The number of likely N-dealkylation sites (N-methyl/N-ethyl adjacent to an activating group) is 1. The van der Waals surface area contributed by atoms with Crippen molar-refractivity contribution in [2.45, 2.75) is 84.9 Å². The molecule has 2 atom stereocenters. The van der Waals surface area contributed by atoms with Crippen LogP contribution in [0.15, 0.2) is 30.3 Å². The fourth-order valence-electron chi connectivity index (χ4n) is 3.39. The molecule has 0 radical (unpaired) electrons. The molecule has 32 heavy (non-hydrogen) atoms. The molecule has 0 heterocycles. The lowest BCUT2D eigenvalue weighted by Crippen LogP contribution is -2.52. The molecule has 7 nitrogen and oxygen atoms in total. The van der Waals surface area contributed by atoms with Crippen LogP contribution >= 0.6 is 0 Å². The number of rotatable bonds is 11. The molecule has 0 aliphatic rings. The Morgan fingerprint density at radius 3 is 2.22 bits per heavy atom. The van der Waals surface area contributed by atoms with E-state index in [0.29, 0.717) is 13.0 Å². The van der Waals surface area contributed by atoms with Crippen LogP contribution in [0.25, 0.3) is 0 Å². The lowest BCUT2D eigenvalue weighted by atomic mass is 10.00. The van der Waals surface area contributed by atoms with Crippen molar-refractivity contribution in [3.8, 4) is 0 Å². The fraction of sp³-hybridized carbons (Fsp3) is 0.640. The SMILES string of the molecule is CCCCCNC(=O)C(c1ccccc1)N(C)C(=O)C(CC(C)C)NC(=O)OC(C)(C)C. The highest BCUT2D eigenvalue weighted by Crippen LogP contribution is 2.22. The Balaban J connectivity index is 3.09. The van der Waals surface area contributed by atoms with Gasteiger partial charge in [-0.05, 0) is 45.1 Å². The maximum atomic E-state index is 13.5. The van der Waals surface area contributed by atoms with Crippen molar-refractivity contribution in [3.63, 3.8) is 0 Å². The van der Waals surface area contributed by atoms with E-state index in [1.807, 2.05) is 44.2 Å². The number of nitrogens with one attached hydrogen (secondary N) is 2. The Morgan fingerprint density at radius 2 is 1.69 bits per heavy atom. The summed E-state index contributed by atoms with van der Waals surface area (Å²) in [6.45, 7) is 11.9. The van der Waals surface area contributed by atoms with E-state index in [2.05, 4.69) is 17.6 Å². The molecule has 0 aromatic heterocycles. The Kier molecular flexibility index (Phi) is 11.2. The highest BCUT2D eigenvalue weighted by Gasteiger charge is 2.34. The minimum absolute atomic E-state index is 0.158. The van der Waals surface area contributed by atoms with Gasteiger partial charge in [0.05, 0.1) is 0 Å². The molecule has 3 amide bonds. The zero-order valence-electron chi connectivity index (χ0n) is 20.7. The summed E-state index contributed by atoms with van der Waals surface area (Å²) in [5.74, 6) is -0.406. The summed E-state index contributed by atoms with van der Waals surface area (Å²) in [5, 5.41) is 5.67. The number of benzene rings is 1. The summed E-state index contributed by atoms with van der Waals surface area (Å²) in [6.07, 6.45) is 2.76. The highest BCUT2D eigenvalue weighted by atomic mass is 16.6. The number of nitrogens with zero attached hydrogens (tertiary/aromatic N) is 1. The smallest absolute Gasteiger partial charge is 0.408 e. The van der Waals surface area contributed by atoms with Crippen LogP contribution in [0, 0.1) is 5.92 Å². The highest BCUT2D eigenvalue weighted by molar-refractivity contribution is 5.91. The van der Waals surface area contributed by atoms with Crippen LogP contribution in [0.2, 0.25) is 0 Å². The molecule has 0 saturated carbocycles. The average molecular weight is 448 g/mol. The van der Waals surface area contributed by atoms with Crippen molar-refractivity contribution >= 4 is 17.9 Å². The van der Waals surface area contributed by atoms with Gasteiger partial charge in [0.1, 0.15) is 17.7 Å². The number of carbonyl (C=O) groups is 3. The van der Waals surface area contributed by atoms with Crippen LogP contribution in [-0.2, 0) is 14.3 Å². The second-order valence-electron chi connectivity index (χ2n) is 9.59. The third-order valence-corrected chi connectivity index (χ3v) is 4.87. The predicted molar refractivity (Wildman–Crippen MR) is 127 cm³/mol. The van der Waals surface area contributed by atoms with E-state index in [1.165, 1.54) is 4.90 Å². The second-order valence-corrected chi connectivity index (χ2v) is 9.59. The van der Waals surface area contributed by atoms with Crippen LogP contribution in [0.3, 0.4) is 0 Å². The van der Waals surface area contributed by atoms with Crippen LogP contribution in [0.1, 0.15) is 78.8 Å². The van der Waals surface area contributed by atoms with Crippen molar-refractivity contribution in [2.75, 3.05) is 13.6 Å². The summed E-state index contributed by atoms with van der Waals surface area (Å²) < 4.78 is 5.35. The van der Waals surface area contributed by atoms with Gasteiger partial charge in [-0.3, -0.25) is 9.59 Å². The van der Waals surface area contributed by atoms with E-state index in [9.17, 15) is 14.4 Å². The summed E-state index contributed by atoms with van der Waals surface area (Å²) >= 11 is 0. The predicted octanol–water partition coefficient (Wildman–Crippen LogP) is 4.43. The first kappa shape index (κ1) is 27.5. The van der Waals surface area contributed by atoms with Crippen molar-refractivity contribution in [2.24, 2.45) is 5.92 Å². The minimum Gasteiger partial charge on any atom is -0.444 e. The van der Waals surface area contributed by atoms with Crippen molar-refractivity contribution in [1.82, 2.24) is 15.5 Å². The summed E-state index contributed by atoms with van der Waals surface area (Å²) in [4.78, 5) is 40.3. The number of ether oxygens (including phenoxy) is 1. The first-order valence-corrected chi connectivity index (χ1v) is 11.5. The zero-order valence-corrected chi connectivity index (χ0v) is 20.7. The lowest BCUT2D eigenvalue weighted by Gasteiger charge is -2.32. The van der Waals surface area contributed by atoms with Gasteiger partial charge in [-0.15, -0.1) is 0 Å². The van der Waals surface area contributed by atoms with Gasteiger partial charge in [0.15, 0.2) is 0 Å². The quantitative estimate of drug-likeness (QED) is 0.491. The number of hydrogen-bond acceptors (Lipinski definition) is 4. The number of alkyl carbamates (subject to hydrolysis) is 1. The maximum Gasteiger partial charge on any atom is 0.408 e. The topological polar surface area (TPSA) is 87.7 Å². The van der Waals surface area contributed by atoms with Gasteiger partial charge in [-0.1, -0.05) is 63.9 Å². The summed E-state index contributed by atoms with van der Waals surface area (Å²) in [5.41, 5.74) is 0.0451. The minimum atomic E-state index is -0.797. The first-order chi connectivity index (χ1) is 15.0. The molecular weight excluding hydrogens is 406 g/mol. The Bertz CT molecular complexity index is 728. The van der Waals surface area contributed by atoms with Crippen LogP contribution < -0.4 is 10.6 Å². The zero-order chi connectivity index (χ0) is 24.3. The molecule has 1 aromatic carbocycles. The second kappa shape index (κ2) is 13.1. The Morgan fingerprint density at radius 1 is 1.06 bits per heavy atom. The van der Waals surface area contributed by atoms with Gasteiger partial charge in [0.2, 0.25) is 11.8 Å². The number of amides is 3. The van der Waals surface area contributed by atoms with E-state index in [-0.39, 0.29) is 17.7 Å². The van der Waals surface area contributed by atoms with Gasteiger partial charge in [-0.2, -0.15) is 0 Å². The Hall–Kier alpha value is -2.57. The molecule has 0 fully saturated rings. The number of carbonyl (C=O) groups excluding carboxylic acids is 3. The molecule has 180 valence electrons. The lowest BCUT2D eigenvalue weighted by molar-refractivity contribution is -0.141. The van der Waals surface area contributed by atoms with Crippen LogP contribution in [0.5, 0.6) is 0 Å². The van der Waals surface area contributed by atoms with Gasteiger partial charge >= 0.3 is 6.09 Å². The van der Waals surface area contributed by atoms with Crippen molar-refractivity contribution < 1.29 is 19.1 Å². The third kappa shape index (κ3) is 9.71. The molecule has 0 bridgehead atoms. The first-order valence-electron chi connectivity index (χ1n) is 11.5. The van der Waals surface area contributed by atoms with Gasteiger partial charge < -0.3 is 20.3 Å². The van der Waals surface area contributed by atoms with Crippen molar-refractivity contribution in [1.29, 1.82) is 0 Å². The standard InChI is InChI=1S/C25H41N3O4/c1-8-9-13-16-26-22(29)21(19-14-11-10-12-15-19)28(7)23(30)20(17-18(2)3)27-24(31)32-25(4,5)6/h10-12,14-15,18,20-21H,8-9,13,16-17H2,1-7H3,(H,26,29)(H,27,31). The molecule has 0 aliphatic carbocycles. The maximum absolute atomic E-state index is 13.5. The largest absolute Gasteiger partial charge is 0.444 e. The molecule has 1 rings (SSSR count). The molecule has 2 N–H and O–H groups in total. The molecular formula is C25H41N3O4. The number of unbranched alkanes of at least 4 members (excludes halogenated alkanes) is 2. The van der Waals surface area contributed by atoms with Gasteiger partial charge in [0.25, 0.3) is 0 Å². The van der Waals surface area contributed by atoms with E-state index < -0.39 is 23.8 Å². The molecule has 0 aliphatic heterocycles. The van der Waals surface area contributed by atoms with Crippen molar-refractivity contribution in [3.05, 3.63) is 35.9 Å². The molecule has 0 spiro atoms. The van der Waals surface area contributed by atoms with Crippen LogP contribution in [-0.4, -0.2) is 48.0 Å². The van der Waals surface area contributed by atoms with Gasteiger partial charge in [0, 0.05) is 13.6 Å². The summed E-state index contributed by atoms with van der Waals surface area (Å²) in [7, 11) is 1.61.